The number of hydrogen-bond acceptors (Lipinski definition) is 3. The van der Waals surface area contributed by atoms with E-state index in [9.17, 15) is 18.1 Å². The average molecular weight is 454 g/mol. The maximum atomic E-state index is 14.7. The maximum absolute atomic E-state index is 14.7. The molecule has 0 bridgehead atoms. The summed E-state index contributed by atoms with van der Waals surface area (Å²) in [6.07, 6.45) is 3.41. The molecule has 0 saturated heterocycles. The zero-order valence-electron chi connectivity index (χ0n) is 18.8. The molecule has 1 N–H and O–H groups in total. The van der Waals surface area contributed by atoms with Crippen molar-refractivity contribution in [2.75, 3.05) is 0 Å². The third-order valence-electron chi connectivity index (χ3n) is 5.75. The zero-order chi connectivity index (χ0) is 23.3. The van der Waals surface area contributed by atoms with E-state index in [1.165, 1.54) is 12.1 Å². The lowest BCUT2D eigenvalue weighted by Gasteiger charge is -2.20. The lowest BCUT2D eigenvalue weighted by atomic mass is 9.96. The minimum atomic E-state index is -3.34. The van der Waals surface area contributed by atoms with Crippen LogP contribution in [0.4, 0.5) is 4.39 Å². The lowest BCUT2D eigenvalue weighted by molar-refractivity contribution is 0.349. The molecule has 1 saturated carbocycles. The molecule has 32 heavy (non-hydrogen) atoms. The molecule has 7 heteroatoms. The molecule has 1 aromatic heterocycles. The number of nitriles is 1. The van der Waals surface area contributed by atoms with Crippen LogP contribution in [0.1, 0.15) is 57.7 Å². The van der Waals surface area contributed by atoms with Crippen molar-refractivity contribution in [3.05, 3.63) is 59.5 Å². The number of fused-ring (bicyclic) bond motifs is 1. The van der Waals surface area contributed by atoms with Crippen LogP contribution in [-0.2, 0) is 16.6 Å². The standard InChI is InChI=1S/C25H28FN3O2S/c1-16(28-32(30,31)19-9-10-19)21-14-29(15-25(2,3)4)23-12-17(8-11-20(21)23)24-18(13-27)6-5-7-22(24)26/h5-8,11-12,14,16,19,28H,9-10,15H2,1-4H3/t16-/m1/s1. The van der Waals surface area contributed by atoms with Crippen LogP contribution in [0, 0.1) is 22.6 Å². The molecule has 168 valence electrons. The van der Waals surface area contributed by atoms with Gasteiger partial charge in [0.15, 0.2) is 0 Å². The number of sulfonamides is 1. The van der Waals surface area contributed by atoms with Gasteiger partial charge in [0, 0.05) is 35.2 Å². The van der Waals surface area contributed by atoms with Gasteiger partial charge < -0.3 is 4.57 Å². The SMILES string of the molecule is C[C@@H](NS(=O)(=O)C1CC1)c1cn(CC(C)(C)C)c2cc(-c3c(F)cccc3C#N)ccc12. The Hall–Kier alpha value is -2.69. The second-order valence-corrected chi connectivity index (χ2v) is 11.9. The molecule has 0 unspecified atom stereocenters. The zero-order valence-corrected chi connectivity index (χ0v) is 19.6. The predicted molar refractivity (Wildman–Crippen MR) is 125 cm³/mol. The molecule has 1 aliphatic carbocycles. The van der Waals surface area contributed by atoms with Crippen molar-refractivity contribution < 1.29 is 12.8 Å². The molecule has 0 amide bonds. The van der Waals surface area contributed by atoms with Gasteiger partial charge in [0.05, 0.1) is 16.9 Å². The van der Waals surface area contributed by atoms with Gasteiger partial charge in [-0.3, -0.25) is 0 Å². The second-order valence-electron chi connectivity index (χ2n) is 9.86. The topological polar surface area (TPSA) is 74.9 Å². The molecule has 4 rings (SSSR count). The van der Waals surface area contributed by atoms with Gasteiger partial charge >= 0.3 is 0 Å². The fourth-order valence-corrected chi connectivity index (χ4v) is 5.73. The Balaban J connectivity index is 1.85. The van der Waals surface area contributed by atoms with Crippen molar-refractivity contribution in [3.8, 4) is 17.2 Å². The normalized spacial score (nSPS) is 15.6. The fraction of sp³-hybridized carbons (Fsp3) is 0.400. The molecular weight excluding hydrogens is 425 g/mol. The summed E-state index contributed by atoms with van der Waals surface area (Å²) in [6, 6.07) is 11.8. The van der Waals surface area contributed by atoms with Crippen LogP contribution >= 0.6 is 0 Å². The van der Waals surface area contributed by atoms with Crippen molar-refractivity contribution in [3.63, 3.8) is 0 Å². The number of aromatic nitrogens is 1. The largest absolute Gasteiger partial charge is 0.347 e. The Bertz CT molecular complexity index is 1330. The highest BCUT2D eigenvalue weighted by Crippen LogP contribution is 2.36. The number of rotatable bonds is 6. The van der Waals surface area contributed by atoms with E-state index < -0.39 is 21.9 Å². The van der Waals surface area contributed by atoms with E-state index in [1.54, 1.807) is 12.1 Å². The Labute approximate surface area is 188 Å². The molecule has 1 heterocycles. The summed E-state index contributed by atoms with van der Waals surface area (Å²) in [5.41, 5.74) is 2.93. The van der Waals surface area contributed by atoms with Gasteiger partial charge in [0.1, 0.15) is 5.82 Å². The number of halogens is 1. The minimum absolute atomic E-state index is 0.0220. The number of nitrogens with one attached hydrogen (secondary N) is 1. The summed E-state index contributed by atoms with van der Waals surface area (Å²) < 4.78 is 44.6. The molecule has 0 spiro atoms. The van der Waals surface area contributed by atoms with E-state index >= 15 is 0 Å². The number of benzene rings is 2. The van der Waals surface area contributed by atoms with Crippen LogP contribution in [0.15, 0.2) is 42.6 Å². The summed E-state index contributed by atoms with van der Waals surface area (Å²) in [6.45, 7) is 8.96. The van der Waals surface area contributed by atoms with Crippen molar-refractivity contribution in [1.82, 2.24) is 9.29 Å². The highest BCUT2D eigenvalue weighted by molar-refractivity contribution is 7.90. The number of hydrogen-bond donors (Lipinski definition) is 1. The third kappa shape index (κ3) is 4.43. The van der Waals surface area contributed by atoms with Crippen molar-refractivity contribution >= 4 is 20.9 Å². The molecule has 0 aliphatic heterocycles. The van der Waals surface area contributed by atoms with Crippen molar-refractivity contribution in [1.29, 1.82) is 5.26 Å². The van der Waals surface area contributed by atoms with Gasteiger partial charge in [-0.05, 0) is 54.5 Å². The lowest BCUT2D eigenvalue weighted by Crippen LogP contribution is -2.29. The van der Waals surface area contributed by atoms with Crippen LogP contribution < -0.4 is 4.72 Å². The Morgan fingerprint density at radius 3 is 2.59 bits per heavy atom. The maximum Gasteiger partial charge on any atom is 0.215 e. The fourth-order valence-electron chi connectivity index (χ4n) is 4.16. The van der Waals surface area contributed by atoms with Crippen molar-refractivity contribution in [2.24, 2.45) is 5.41 Å². The summed E-state index contributed by atoms with van der Waals surface area (Å²) >= 11 is 0. The van der Waals surface area contributed by atoms with Crippen LogP contribution in [0.25, 0.3) is 22.0 Å². The Morgan fingerprint density at radius 2 is 1.97 bits per heavy atom. The van der Waals surface area contributed by atoms with Gasteiger partial charge in [-0.15, -0.1) is 0 Å². The molecule has 3 aromatic rings. The summed E-state index contributed by atoms with van der Waals surface area (Å²) in [7, 11) is -3.34. The third-order valence-corrected chi connectivity index (χ3v) is 7.78. The molecule has 1 atom stereocenters. The Kier molecular flexibility index (Phi) is 5.64. The molecule has 1 fully saturated rings. The first kappa shape index (κ1) is 22.5. The van der Waals surface area contributed by atoms with Crippen LogP contribution in [0.5, 0.6) is 0 Å². The van der Waals surface area contributed by atoms with E-state index in [2.05, 4.69) is 36.1 Å². The minimum Gasteiger partial charge on any atom is -0.347 e. The second kappa shape index (κ2) is 8.02. The highest BCUT2D eigenvalue weighted by Gasteiger charge is 2.37. The van der Waals surface area contributed by atoms with Gasteiger partial charge in [-0.25, -0.2) is 17.5 Å². The predicted octanol–water partition coefficient (Wildman–Crippen LogP) is 5.51. The Morgan fingerprint density at radius 1 is 1.25 bits per heavy atom. The number of nitrogens with zero attached hydrogens (tertiary/aromatic N) is 2. The molecule has 0 radical (unpaired) electrons. The van der Waals surface area contributed by atoms with E-state index in [1.807, 2.05) is 25.3 Å². The van der Waals surface area contributed by atoms with Gasteiger partial charge in [-0.2, -0.15) is 5.26 Å². The molecule has 2 aromatic carbocycles. The highest BCUT2D eigenvalue weighted by atomic mass is 32.2. The van der Waals surface area contributed by atoms with E-state index in [-0.39, 0.29) is 21.8 Å². The summed E-state index contributed by atoms with van der Waals surface area (Å²) in [5, 5.41) is 10.1. The smallest absolute Gasteiger partial charge is 0.215 e. The molecule has 5 nitrogen and oxygen atoms in total. The van der Waals surface area contributed by atoms with Crippen molar-refractivity contribution in [2.45, 2.75) is 58.4 Å². The van der Waals surface area contributed by atoms with Crippen LogP contribution in [0.3, 0.4) is 0 Å². The quantitative estimate of drug-likeness (QED) is 0.535. The monoisotopic (exact) mass is 453 g/mol. The van der Waals surface area contributed by atoms with Gasteiger partial charge in [-0.1, -0.05) is 39.0 Å². The molecule has 1 aliphatic rings. The first-order chi connectivity index (χ1) is 15.0. The first-order valence-corrected chi connectivity index (χ1v) is 12.4. The van der Waals surface area contributed by atoms with E-state index in [0.29, 0.717) is 24.9 Å². The van der Waals surface area contributed by atoms with Crippen LogP contribution in [-0.4, -0.2) is 18.2 Å². The van der Waals surface area contributed by atoms with Gasteiger partial charge in [0.25, 0.3) is 0 Å². The summed E-state index contributed by atoms with van der Waals surface area (Å²) in [4.78, 5) is 0. The van der Waals surface area contributed by atoms with Crippen LogP contribution in [0.2, 0.25) is 0 Å². The molecular formula is C25H28FN3O2S. The van der Waals surface area contributed by atoms with Gasteiger partial charge in [0.2, 0.25) is 10.0 Å². The average Bonchev–Trinajstić information content (AvgIpc) is 3.51. The first-order valence-electron chi connectivity index (χ1n) is 10.8. The summed E-state index contributed by atoms with van der Waals surface area (Å²) in [5.74, 6) is -0.442. The van der Waals surface area contributed by atoms with E-state index in [0.717, 1.165) is 16.5 Å². The van der Waals surface area contributed by atoms with E-state index in [4.69, 9.17) is 0 Å².